The Bertz CT molecular complexity index is 444. The number of ether oxygens (including phenoxy) is 1. The molecule has 2 rings (SSSR count). The molecule has 1 aromatic rings. The molecule has 1 unspecified atom stereocenters. The van der Waals surface area contributed by atoms with Gasteiger partial charge in [0.1, 0.15) is 5.15 Å². The van der Waals surface area contributed by atoms with E-state index in [1.165, 1.54) is 12.3 Å². The first-order valence-electron chi connectivity index (χ1n) is 5.31. The van der Waals surface area contributed by atoms with E-state index >= 15 is 0 Å². The molecule has 1 saturated heterocycles. The van der Waals surface area contributed by atoms with Gasteiger partial charge in [0, 0.05) is 6.61 Å². The summed E-state index contributed by atoms with van der Waals surface area (Å²) in [5, 5.41) is 3.16. The largest absolute Gasteiger partial charge is 0.397 e. The monoisotopic (exact) mass is 255 g/mol. The number of aromatic nitrogens is 1. The molecule has 1 fully saturated rings. The lowest BCUT2D eigenvalue weighted by Gasteiger charge is -2.23. The van der Waals surface area contributed by atoms with Crippen LogP contribution in [0.4, 0.5) is 5.69 Å². The number of nitrogens with one attached hydrogen (secondary N) is 1. The number of hydrogen-bond acceptors (Lipinski definition) is 4. The Labute approximate surface area is 104 Å². The van der Waals surface area contributed by atoms with Crippen LogP contribution in [0.15, 0.2) is 12.3 Å². The van der Waals surface area contributed by atoms with Crippen molar-refractivity contribution in [3.05, 3.63) is 23.0 Å². The molecular weight excluding hydrogens is 242 g/mol. The maximum absolute atomic E-state index is 12.0. The lowest BCUT2D eigenvalue weighted by Crippen LogP contribution is -2.46. The molecule has 17 heavy (non-hydrogen) atoms. The number of nitrogens with zero attached hydrogens (tertiary/aromatic N) is 1. The zero-order valence-corrected chi connectivity index (χ0v) is 10.3. The molecule has 1 aromatic heterocycles. The molecule has 0 saturated carbocycles. The van der Waals surface area contributed by atoms with Gasteiger partial charge in [-0.25, -0.2) is 4.98 Å². The smallest absolute Gasteiger partial charge is 0.254 e. The summed E-state index contributed by atoms with van der Waals surface area (Å²) in [5.41, 5.74) is 6.02. The Morgan fingerprint density at radius 2 is 2.47 bits per heavy atom. The minimum absolute atomic E-state index is 0.247. The van der Waals surface area contributed by atoms with Gasteiger partial charge in [-0.05, 0) is 19.4 Å². The maximum atomic E-state index is 12.0. The number of halogens is 1. The van der Waals surface area contributed by atoms with E-state index in [4.69, 9.17) is 22.1 Å². The van der Waals surface area contributed by atoms with Gasteiger partial charge in [0.2, 0.25) is 0 Å². The summed E-state index contributed by atoms with van der Waals surface area (Å²) in [6, 6.07) is 1.46. The van der Waals surface area contributed by atoms with E-state index < -0.39 is 0 Å². The van der Waals surface area contributed by atoms with Crippen molar-refractivity contribution in [2.75, 3.05) is 18.9 Å². The van der Waals surface area contributed by atoms with Crippen LogP contribution in [0, 0.1) is 0 Å². The number of carbonyl (C=O) groups excluding carboxylic acids is 1. The van der Waals surface area contributed by atoms with Crippen LogP contribution in [0.3, 0.4) is 0 Å². The Morgan fingerprint density at radius 1 is 1.71 bits per heavy atom. The predicted octanol–water partition coefficient (Wildman–Crippen LogP) is 1.23. The molecule has 2 heterocycles. The first-order chi connectivity index (χ1) is 8.00. The van der Waals surface area contributed by atoms with Crippen molar-refractivity contribution in [2.45, 2.75) is 18.9 Å². The zero-order valence-electron chi connectivity index (χ0n) is 9.50. The highest BCUT2D eigenvalue weighted by Gasteiger charge is 2.31. The van der Waals surface area contributed by atoms with E-state index in [0.717, 1.165) is 6.42 Å². The second-order valence-electron chi connectivity index (χ2n) is 4.41. The fraction of sp³-hybridized carbons (Fsp3) is 0.455. The van der Waals surface area contributed by atoms with Crippen molar-refractivity contribution in [3.8, 4) is 0 Å². The second-order valence-corrected chi connectivity index (χ2v) is 4.80. The maximum Gasteiger partial charge on any atom is 0.254 e. The van der Waals surface area contributed by atoms with Gasteiger partial charge in [-0.1, -0.05) is 11.6 Å². The van der Waals surface area contributed by atoms with Gasteiger partial charge >= 0.3 is 0 Å². The number of pyridine rings is 1. The topological polar surface area (TPSA) is 77.2 Å². The Balaban J connectivity index is 2.17. The van der Waals surface area contributed by atoms with Crippen LogP contribution in [0.2, 0.25) is 5.15 Å². The molecular formula is C11H14ClN3O2. The third-order valence-electron chi connectivity index (χ3n) is 2.78. The predicted molar refractivity (Wildman–Crippen MR) is 65.0 cm³/mol. The lowest BCUT2D eigenvalue weighted by molar-refractivity contribution is 0.0890. The molecule has 0 aromatic carbocycles. The van der Waals surface area contributed by atoms with Crippen LogP contribution in [-0.4, -0.2) is 29.6 Å². The minimum atomic E-state index is -0.334. The molecule has 1 amide bonds. The average molecular weight is 256 g/mol. The molecule has 1 atom stereocenters. The molecule has 1 aliphatic heterocycles. The van der Waals surface area contributed by atoms with Gasteiger partial charge < -0.3 is 15.8 Å². The SMILES string of the molecule is CC1(NC(=O)c2cc(Cl)ncc2N)CCOC1. The highest BCUT2D eigenvalue weighted by Crippen LogP contribution is 2.20. The third kappa shape index (κ3) is 2.68. The summed E-state index contributed by atoms with van der Waals surface area (Å²) < 4.78 is 5.27. The number of nitrogens with two attached hydrogens (primary N) is 1. The molecule has 5 nitrogen and oxygen atoms in total. The van der Waals surface area contributed by atoms with Crippen LogP contribution < -0.4 is 11.1 Å². The first-order valence-corrected chi connectivity index (χ1v) is 5.69. The zero-order chi connectivity index (χ0) is 12.5. The quantitative estimate of drug-likeness (QED) is 0.779. The van der Waals surface area contributed by atoms with E-state index in [1.807, 2.05) is 6.92 Å². The Kier molecular flexibility index (Phi) is 3.22. The number of carbonyl (C=O) groups is 1. The molecule has 0 aliphatic carbocycles. The summed E-state index contributed by atoms with van der Waals surface area (Å²) >= 11 is 5.74. The number of rotatable bonds is 2. The summed E-state index contributed by atoms with van der Waals surface area (Å²) in [6.07, 6.45) is 2.17. The van der Waals surface area contributed by atoms with Crippen molar-refractivity contribution < 1.29 is 9.53 Å². The molecule has 1 aliphatic rings. The minimum Gasteiger partial charge on any atom is -0.397 e. The summed E-state index contributed by atoms with van der Waals surface area (Å²) in [4.78, 5) is 15.9. The second kappa shape index (κ2) is 4.50. The molecule has 92 valence electrons. The highest BCUT2D eigenvalue weighted by atomic mass is 35.5. The molecule has 0 spiro atoms. The summed E-state index contributed by atoms with van der Waals surface area (Å²) in [6.45, 7) is 3.11. The molecule has 0 bridgehead atoms. The average Bonchev–Trinajstić information content (AvgIpc) is 2.68. The van der Waals surface area contributed by atoms with Crippen LogP contribution >= 0.6 is 11.6 Å². The summed E-state index contributed by atoms with van der Waals surface area (Å²) in [5.74, 6) is -0.250. The van der Waals surface area contributed by atoms with Gasteiger partial charge in [-0.15, -0.1) is 0 Å². The van der Waals surface area contributed by atoms with E-state index in [-0.39, 0.29) is 16.6 Å². The highest BCUT2D eigenvalue weighted by molar-refractivity contribution is 6.29. The lowest BCUT2D eigenvalue weighted by atomic mass is 10.0. The Morgan fingerprint density at radius 3 is 3.12 bits per heavy atom. The van der Waals surface area contributed by atoms with E-state index in [0.29, 0.717) is 24.5 Å². The van der Waals surface area contributed by atoms with E-state index in [2.05, 4.69) is 10.3 Å². The number of nitrogen functional groups attached to an aromatic ring is 1. The number of anilines is 1. The normalized spacial score (nSPS) is 23.6. The molecule has 6 heteroatoms. The van der Waals surface area contributed by atoms with E-state index in [9.17, 15) is 4.79 Å². The van der Waals surface area contributed by atoms with E-state index in [1.54, 1.807) is 0 Å². The molecule has 0 radical (unpaired) electrons. The van der Waals surface area contributed by atoms with Gasteiger partial charge in [-0.2, -0.15) is 0 Å². The van der Waals surface area contributed by atoms with Crippen molar-refractivity contribution >= 4 is 23.2 Å². The third-order valence-corrected chi connectivity index (χ3v) is 2.99. The van der Waals surface area contributed by atoms with Gasteiger partial charge in [0.05, 0.1) is 29.6 Å². The number of amides is 1. The fourth-order valence-corrected chi connectivity index (χ4v) is 1.90. The summed E-state index contributed by atoms with van der Waals surface area (Å²) in [7, 11) is 0. The van der Waals surface area contributed by atoms with Crippen molar-refractivity contribution in [1.29, 1.82) is 0 Å². The van der Waals surface area contributed by atoms with Gasteiger partial charge in [0.15, 0.2) is 0 Å². The van der Waals surface area contributed by atoms with Crippen molar-refractivity contribution in [1.82, 2.24) is 10.3 Å². The van der Waals surface area contributed by atoms with Crippen LogP contribution in [0.1, 0.15) is 23.7 Å². The van der Waals surface area contributed by atoms with Crippen molar-refractivity contribution in [2.24, 2.45) is 0 Å². The standard InChI is InChI=1S/C11H14ClN3O2/c1-11(2-3-17-6-11)15-10(16)7-4-9(12)14-5-8(7)13/h4-5H,2-3,6,13H2,1H3,(H,15,16). The Hall–Kier alpha value is -1.33. The molecule has 3 N–H and O–H groups in total. The van der Waals surface area contributed by atoms with Crippen LogP contribution in [0.5, 0.6) is 0 Å². The fourth-order valence-electron chi connectivity index (χ4n) is 1.74. The van der Waals surface area contributed by atoms with Gasteiger partial charge in [-0.3, -0.25) is 4.79 Å². The van der Waals surface area contributed by atoms with Crippen LogP contribution in [0.25, 0.3) is 0 Å². The van der Waals surface area contributed by atoms with Gasteiger partial charge in [0.25, 0.3) is 5.91 Å². The number of hydrogen-bond donors (Lipinski definition) is 2. The van der Waals surface area contributed by atoms with Crippen LogP contribution in [-0.2, 0) is 4.74 Å². The first kappa shape index (κ1) is 12.1. The van der Waals surface area contributed by atoms with Crippen molar-refractivity contribution in [3.63, 3.8) is 0 Å².